The molecule has 0 spiro atoms. The van der Waals surface area contributed by atoms with Crippen LogP contribution in [0.4, 0.5) is 0 Å². The van der Waals surface area contributed by atoms with Gasteiger partial charge in [0.2, 0.25) is 0 Å². The Bertz CT molecular complexity index is 639. The second kappa shape index (κ2) is 6.18. The van der Waals surface area contributed by atoms with Crippen LogP contribution in [0.5, 0.6) is 11.5 Å². The second-order valence-corrected chi connectivity index (χ2v) is 5.52. The number of rotatable bonds is 3. The largest absolute Gasteiger partial charge is 0.486 e. The van der Waals surface area contributed by atoms with E-state index in [1.54, 1.807) is 24.3 Å². The second-order valence-electron chi connectivity index (χ2n) is 4.60. The van der Waals surface area contributed by atoms with E-state index in [1.807, 2.05) is 24.3 Å². The molecule has 21 heavy (non-hydrogen) atoms. The number of ether oxygens (including phenoxy) is 3. The standard InChI is InChI=1S/C16H13BrO4/c17-12-7-5-11(6-8-12)16(18)20-10-13-9-19-14-3-1-2-4-15(14)21-13/h1-8,13H,9-10H2. The summed E-state index contributed by atoms with van der Waals surface area (Å²) < 4.78 is 17.5. The highest BCUT2D eigenvalue weighted by molar-refractivity contribution is 9.10. The van der Waals surface area contributed by atoms with Gasteiger partial charge in [0.25, 0.3) is 0 Å². The molecule has 2 aromatic rings. The first-order valence-corrected chi connectivity index (χ1v) is 7.33. The molecule has 0 amide bonds. The molecule has 1 unspecified atom stereocenters. The number of halogens is 1. The summed E-state index contributed by atoms with van der Waals surface area (Å²) in [5, 5.41) is 0. The minimum absolute atomic E-state index is 0.156. The van der Waals surface area contributed by atoms with Crippen molar-refractivity contribution in [2.75, 3.05) is 13.2 Å². The van der Waals surface area contributed by atoms with Gasteiger partial charge in [0.05, 0.1) is 5.56 Å². The molecule has 2 aromatic carbocycles. The van der Waals surface area contributed by atoms with E-state index in [0.29, 0.717) is 23.7 Å². The molecule has 1 aliphatic rings. The van der Waals surface area contributed by atoms with E-state index in [0.717, 1.165) is 4.47 Å². The Morgan fingerprint density at radius 3 is 2.62 bits per heavy atom. The molecule has 0 bridgehead atoms. The van der Waals surface area contributed by atoms with E-state index in [-0.39, 0.29) is 18.7 Å². The van der Waals surface area contributed by atoms with Crippen LogP contribution in [0.1, 0.15) is 10.4 Å². The Morgan fingerprint density at radius 2 is 1.86 bits per heavy atom. The number of carbonyl (C=O) groups excluding carboxylic acids is 1. The SMILES string of the molecule is O=C(OCC1COc2ccccc2O1)c1ccc(Br)cc1. The average Bonchev–Trinajstić information content (AvgIpc) is 2.53. The number of para-hydroxylation sites is 2. The van der Waals surface area contributed by atoms with Crippen molar-refractivity contribution in [1.82, 2.24) is 0 Å². The fourth-order valence-corrected chi connectivity index (χ4v) is 2.25. The number of benzene rings is 2. The van der Waals surface area contributed by atoms with Crippen molar-refractivity contribution in [2.24, 2.45) is 0 Å². The number of fused-ring (bicyclic) bond motifs is 1. The van der Waals surface area contributed by atoms with Crippen LogP contribution in [-0.2, 0) is 4.74 Å². The Labute approximate surface area is 130 Å². The van der Waals surface area contributed by atoms with Crippen LogP contribution in [-0.4, -0.2) is 25.3 Å². The van der Waals surface area contributed by atoms with Crippen molar-refractivity contribution in [3.63, 3.8) is 0 Å². The normalized spacial score (nSPS) is 16.3. The lowest BCUT2D eigenvalue weighted by atomic mass is 10.2. The van der Waals surface area contributed by atoms with Crippen molar-refractivity contribution >= 4 is 21.9 Å². The quantitative estimate of drug-likeness (QED) is 0.797. The molecule has 0 aromatic heterocycles. The third-order valence-electron chi connectivity index (χ3n) is 3.05. The molecule has 1 heterocycles. The number of hydrogen-bond acceptors (Lipinski definition) is 4. The maximum absolute atomic E-state index is 11.9. The number of carbonyl (C=O) groups is 1. The lowest BCUT2D eigenvalue weighted by Crippen LogP contribution is -2.34. The van der Waals surface area contributed by atoms with Gasteiger partial charge in [-0.05, 0) is 36.4 Å². The zero-order valence-corrected chi connectivity index (χ0v) is 12.7. The van der Waals surface area contributed by atoms with Crippen LogP contribution in [0.3, 0.4) is 0 Å². The minimum atomic E-state index is -0.370. The summed E-state index contributed by atoms with van der Waals surface area (Å²) in [6.45, 7) is 0.522. The smallest absolute Gasteiger partial charge is 0.338 e. The van der Waals surface area contributed by atoms with E-state index >= 15 is 0 Å². The molecular weight excluding hydrogens is 336 g/mol. The predicted molar refractivity (Wildman–Crippen MR) is 80.8 cm³/mol. The van der Waals surface area contributed by atoms with Gasteiger partial charge in [0, 0.05) is 4.47 Å². The van der Waals surface area contributed by atoms with Gasteiger partial charge in [0.15, 0.2) is 17.6 Å². The molecule has 0 radical (unpaired) electrons. The summed E-state index contributed by atoms with van der Waals surface area (Å²) in [5.74, 6) is 1.02. The van der Waals surface area contributed by atoms with Crippen LogP contribution in [0.25, 0.3) is 0 Å². The first-order chi connectivity index (χ1) is 10.2. The summed E-state index contributed by atoms with van der Waals surface area (Å²) in [5.41, 5.74) is 0.510. The third-order valence-corrected chi connectivity index (χ3v) is 3.58. The molecule has 5 heteroatoms. The highest BCUT2D eigenvalue weighted by Gasteiger charge is 2.22. The topological polar surface area (TPSA) is 44.8 Å². The molecule has 0 fully saturated rings. The number of esters is 1. The van der Waals surface area contributed by atoms with Crippen LogP contribution in [0.15, 0.2) is 53.0 Å². The van der Waals surface area contributed by atoms with Gasteiger partial charge in [-0.15, -0.1) is 0 Å². The first kappa shape index (κ1) is 13.9. The molecule has 0 saturated heterocycles. The Balaban J connectivity index is 1.56. The maximum Gasteiger partial charge on any atom is 0.338 e. The zero-order valence-electron chi connectivity index (χ0n) is 11.1. The van der Waals surface area contributed by atoms with Gasteiger partial charge in [0.1, 0.15) is 13.2 Å². The zero-order chi connectivity index (χ0) is 14.7. The summed E-state index contributed by atoms with van der Waals surface area (Å²) in [6, 6.07) is 14.5. The van der Waals surface area contributed by atoms with Gasteiger partial charge in [-0.1, -0.05) is 28.1 Å². The van der Waals surface area contributed by atoms with Crippen LogP contribution in [0, 0.1) is 0 Å². The lowest BCUT2D eigenvalue weighted by molar-refractivity contribution is 0.0110. The van der Waals surface area contributed by atoms with Gasteiger partial charge >= 0.3 is 5.97 Å². The summed E-state index contributed by atoms with van der Waals surface area (Å²) in [4.78, 5) is 11.9. The molecular formula is C16H13BrO4. The van der Waals surface area contributed by atoms with E-state index in [1.165, 1.54) is 0 Å². The Morgan fingerprint density at radius 1 is 1.14 bits per heavy atom. The molecule has 3 rings (SSSR count). The molecule has 0 aliphatic carbocycles. The molecule has 1 atom stereocenters. The Hall–Kier alpha value is -2.01. The van der Waals surface area contributed by atoms with Crippen molar-refractivity contribution < 1.29 is 19.0 Å². The third kappa shape index (κ3) is 3.36. The summed E-state index contributed by atoms with van der Waals surface area (Å²) >= 11 is 3.32. The van der Waals surface area contributed by atoms with E-state index in [2.05, 4.69) is 15.9 Å². The van der Waals surface area contributed by atoms with Crippen molar-refractivity contribution in [3.8, 4) is 11.5 Å². The van der Waals surface area contributed by atoms with Crippen LogP contribution < -0.4 is 9.47 Å². The molecule has 4 nitrogen and oxygen atoms in total. The number of hydrogen-bond donors (Lipinski definition) is 0. The molecule has 108 valence electrons. The average molecular weight is 349 g/mol. The van der Waals surface area contributed by atoms with E-state index in [4.69, 9.17) is 14.2 Å². The van der Waals surface area contributed by atoms with Gasteiger partial charge < -0.3 is 14.2 Å². The molecule has 0 N–H and O–H groups in total. The van der Waals surface area contributed by atoms with Crippen molar-refractivity contribution in [1.29, 1.82) is 0 Å². The molecule has 0 saturated carbocycles. The molecule has 1 aliphatic heterocycles. The summed E-state index contributed by atoms with van der Waals surface area (Å²) in [7, 11) is 0. The van der Waals surface area contributed by atoms with Gasteiger partial charge in [-0.25, -0.2) is 4.79 Å². The fraction of sp³-hybridized carbons (Fsp3) is 0.188. The highest BCUT2D eigenvalue weighted by Crippen LogP contribution is 2.30. The van der Waals surface area contributed by atoms with Gasteiger partial charge in [-0.2, -0.15) is 0 Å². The van der Waals surface area contributed by atoms with Crippen LogP contribution in [0.2, 0.25) is 0 Å². The first-order valence-electron chi connectivity index (χ1n) is 6.53. The van der Waals surface area contributed by atoms with Crippen molar-refractivity contribution in [2.45, 2.75) is 6.10 Å². The predicted octanol–water partition coefficient (Wildman–Crippen LogP) is 3.45. The van der Waals surface area contributed by atoms with Crippen molar-refractivity contribution in [3.05, 3.63) is 58.6 Å². The van der Waals surface area contributed by atoms with Gasteiger partial charge in [-0.3, -0.25) is 0 Å². The Kier molecular flexibility index (Phi) is 4.10. The summed E-state index contributed by atoms with van der Waals surface area (Å²) in [6.07, 6.45) is -0.292. The maximum atomic E-state index is 11.9. The highest BCUT2D eigenvalue weighted by atomic mass is 79.9. The van der Waals surface area contributed by atoms with Crippen LogP contribution >= 0.6 is 15.9 Å². The van der Waals surface area contributed by atoms with E-state index < -0.39 is 0 Å². The minimum Gasteiger partial charge on any atom is -0.486 e. The fourth-order valence-electron chi connectivity index (χ4n) is 1.98. The monoisotopic (exact) mass is 348 g/mol. The van der Waals surface area contributed by atoms with E-state index in [9.17, 15) is 4.79 Å². The lowest BCUT2D eigenvalue weighted by Gasteiger charge is -2.26.